The lowest BCUT2D eigenvalue weighted by Crippen LogP contribution is -2.27. The van der Waals surface area contributed by atoms with Gasteiger partial charge in [-0.1, -0.05) is 32.9 Å². The molecule has 0 bridgehead atoms. The van der Waals surface area contributed by atoms with Crippen molar-refractivity contribution in [2.45, 2.75) is 34.3 Å². The second-order valence-electron chi connectivity index (χ2n) is 7.04. The standard InChI is InChI=1S/C20H22N2O2S/c1-13-11-14(9-10-15(13)22-19(23)20(2,3)4)24-12-18-21-16-7-5-6-8-17(16)25-18/h5-11H,12H2,1-4H3,(H,22,23). The summed E-state index contributed by atoms with van der Waals surface area (Å²) in [5.41, 5.74) is 2.36. The number of nitrogens with zero attached hydrogens (tertiary/aromatic N) is 1. The monoisotopic (exact) mass is 354 g/mol. The second kappa shape index (κ2) is 6.84. The molecule has 1 aromatic heterocycles. The average Bonchev–Trinajstić information content (AvgIpc) is 2.97. The van der Waals surface area contributed by atoms with Crippen LogP contribution in [0.4, 0.5) is 5.69 Å². The molecule has 0 atom stereocenters. The molecule has 130 valence electrons. The molecule has 4 nitrogen and oxygen atoms in total. The number of fused-ring (bicyclic) bond motifs is 1. The van der Waals surface area contributed by atoms with Crippen LogP contribution in [0.15, 0.2) is 42.5 Å². The van der Waals surface area contributed by atoms with E-state index in [1.54, 1.807) is 11.3 Å². The number of carbonyl (C=O) groups is 1. The van der Waals surface area contributed by atoms with Crippen LogP contribution in [0.3, 0.4) is 0 Å². The van der Waals surface area contributed by atoms with E-state index in [-0.39, 0.29) is 5.91 Å². The first-order valence-electron chi connectivity index (χ1n) is 8.22. The first-order valence-corrected chi connectivity index (χ1v) is 9.04. The molecule has 1 N–H and O–H groups in total. The Morgan fingerprint density at radius 1 is 1.20 bits per heavy atom. The minimum Gasteiger partial charge on any atom is -0.486 e. The molecule has 0 saturated carbocycles. The van der Waals surface area contributed by atoms with Gasteiger partial charge in [-0.25, -0.2) is 4.98 Å². The van der Waals surface area contributed by atoms with Crippen LogP contribution in [-0.4, -0.2) is 10.9 Å². The lowest BCUT2D eigenvalue weighted by molar-refractivity contribution is -0.123. The van der Waals surface area contributed by atoms with Gasteiger partial charge in [0.1, 0.15) is 17.4 Å². The number of hydrogen-bond donors (Lipinski definition) is 1. The molecule has 1 amide bonds. The minimum atomic E-state index is -0.422. The number of anilines is 1. The Balaban J connectivity index is 1.67. The van der Waals surface area contributed by atoms with Crippen LogP contribution in [0, 0.1) is 12.3 Å². The summed E-state index contributed by atoms with van der Waals surface area (Å²) < 4.78 is 7.03. The average molecular weight is 354 g/mol. The van der Waals surface area contributed by atoms with Gasteiger partial charge in [-0.2, -0.15) is 0 Å². The maximum atomic E-state index is 12.1. The number of aryl methyl sites for hydroxylation is 1. The molecule has 0 unspecified atom stereocenters. The van der Waals surface area contributed by atoms with E-state index in [1.165, 1.54) is 0 Å². The summed E-state index contributed by atoms with van der Waals surface area (Å²) in [6, 6.07) is 13.8. The molecule has 0 fully saturated rings. The van der Waals surface area contributed by atoms with Crippen LogP contribution in [-0.2, 0) is 11.4 Å². The summed E-state index contributed by atoms with van der Waals surface area (Å²) in [4.78, 5) is 16.7. The molecule has 0 aliphatic carbocycles. The highest BCUT2D eigenvalue weighted by molar-refractivity contribution is 7.18. The Hall–Kier alpha value is -2.40. The molecule has 0 saturated heterocycles. The van der Waals surface area contributed by atoms with E-state index in [4.69, 9.17) is 4.74 Å². The fourth-order valence-corrected chi connectivity index (χ4v) is 3.18. The van der Waals surface area contributed by atoms with Crippen molar-refractivity contribution in [2.24, 2.45) is 5.41 Å². The maximum absolute atomic E-state index is 12.1. The highest BCUT2D eigenvalue weighted by atomic mass is 32.1. The smallest absolute Gasteiger partial charge is 0.229 e. The number of para-hydroxylation sites is 1. The van der Waals surface area contributed by atoms with Gasteiger partial charge in [0.05, 0.1) is 10.2 Å². The molecular formula is C20H22N2O2S. The van der Waals surface area contributed by atoms with Crippen LogP contribution in [0.1, 0.15) is 31.3 Å². The normalized spacial score (nSPS) is 11.5. The lowest BCUT2D eigenvalue weighted by atomic mass is 9.95. The molecule has 3 rings (SSSR count). The van der Waals surface area contributed by atoms with Crippen molar-refractivity contribution >= 4 is 33.1 Å². The SMILES string of the molecule is Cc1cc(OCc2nc3ccccc3s2)ccc1NC(=O)C(C)(C)C. The van der Waals surface area contributed by atoms with E-state index in [9.17, 15) is 4.79 Å². The van der Waals surface area contributed by atoms with E-state index in [2.05, 4.69) is 16.4 Å². The fourth-order valence-electron chi connectivity index (χ4n) is 2.30. The number of nitrogens with one attached hydrogen (secondary N) is 1. The predicted molar refractivity (Wildman–Crippen MR) is 103 cm³/mol. The Kier molecular flexibility index (Phi) is 4.77. The number of hydrogen-bond acceptors (Lipinski definition) is 4. The van der Waals surface area contributed by atoms with Gasteiger partial charge < -0.3 is 10.1 Å². The number of aromatic nitrogens is 1. The van der Waals surface area contributed by atoms with Crippen molar-refractivity contribution in [1.29, 1.82) is 0 Å². The molecule has 25 heavy (non-hydrogen) atoms. The number of rotatable bonds is 4. The van der Waals surface area contributed by atoms with Crippen molar-refractivity contribution in [3.05, 3.63) is 53.0 Å². The van der Waals surface area contributed by atoms with E-state index in [1.807, 2.05) is 64.1 Å². The number of ether oxygens (including phenoxy) is 1. The molecular weight excluding hydrogens is 332 g/mol. The molecule has 3 aromatic rings. The molecule has 0 radical (unpaired) electrons. The lowest BCUT2D eigenvalue weighted by Gasteiger charge is -2.19. The zero-order valence-electron chi connectivity index (χ0n) is 14.9. The van der Waals surface area contributed by atoms with Gasteiger partial charge in [0.15, 0.2) is 0 Å². The summed E-state index contributed by atoms with van der Waals surface area (Å²) >= 11 is 1.64. The molecule has 1 heterocycles. The topological polar surface area (TPSA) is 51.2 Å². The predicted octanol–water partition coefficient (Wildman–Crippen LogP) is 5.17. The van der Waals surface area contributed by atoms with Crippen LogP contribution < -0.4 is 10.1 Å². The van der Waals surface area contributed by atoms with E-state index in [0.29, 0.717) is 6.61 Å². The van der Waals surface area contributed by atoms with Crippen molar-refractivity contribution < 1.29 is 9.53 Å². The van der Waals surface area contributed by atoms with Crippen molar-refractivity contribution in [1.82, 2.24) is 4.98 Å². The number of thiazole rings is 1. The van der Waals surface area contributed by atoms with Crippen LogP contribution in [0.25, 0.3) is 10.2 Å². The highest BCUT2D eigenvalue weighted by Crippen LogP contribution is 2.26. The largest absolute Gasteiger partial charge is 0.486 e. The Morgan fingerprint density at radius 3 is 2.64 bits per heavy atom. The van der Waals surface area contributed by atoms with Crippen LogP contribution in [0.2, 0.25) is 0 Å². The van der Waals surface area contributed by atoms with E-state index in [0.717, 1.165) is 32.2 Å². The van der Waals surface area contributed by atoms with Gasteiger partial charge in [0, 0.05) is 11.1 Å². The third kappa shape index (κ3) is 4.17. The number of carbonyl (C=O) groups excluding carboxylic acids is 1. The molecule has 0 aliphatic heterocycles. The molecule has 2 aromatic carbocycles. The van der Waals surface area contributed by atoms with E-state index >= 15 is 0 Å². The molecule has 0 spiro atoms. The summed E-state index contributed by atoms with van der Waals surface area (Å²) in [6.45, 7) is 8.09. The summed E-state index contributed by atoms with van der Waals surface area (Å²) in [6.07, 6.45) is 0. The Morgan fingerprint density at radius 2 is 1.96 bits per heavy atom. The van der Waals surface area contributed by atoms with Crippen LogP contribution in [0.5, 0.6) is 5.75 Å². The summed E-state index contributed by atoms with van der Waals surface area (Å²) in [5.74, 6) is 0.768. The van der Waals surface area contributed by atoms with Gasteiger partial charge in [0.2, 0.25) is 5.91 Å². The van der Waals surface area contributed by atoms with Gasteiger partial charge in [-0.3, -0.25) is 4.79 Å². The van der Waals surface area contributed by atoms with Gasteiger partial charge in [-0.05, 0) is 42.8 Å². The quantitative estimate of drug-likeness (QED) is 0.703. The minimum absolute atomic E-state index is 0.00116. The van der Waals surface area contributed by atoms with E-state index < -0.39 is 5.41 Å². The highest BCUT2D eigenvalue weighted by Gasteiger charge is 2.21. The first-order chi connectivity index (χ1) is 11.8. The summed E-state index contributed by atoms with van der Waals surface area (Å²) in [7, 11) is 0. The van der Waals surface area contributed by atoms with Crippen molar-refractivity contribution in [2.75, 3.05) is 5.32 Å². The third-order valence-electron chi connectivity index (χ3n) is 3.83. The maximum Gasteiger partial charge on any atom is 0.229 e. The van der Waals surface area contributed by atoms with Gasteiger partial charge >= 0.3 is 0 Å². The summed E-state index contributed by atoms with van der Waals surface area (Å²) in [5, 5.41) is 3.91. The third-order valence-corrected chi connectivity index (χ3v) is 4.84. The van der Waals surface area contributed by atoms with Gasteiger partial charge in [-0.15, -0.1) is 11.3 Å². The number of amides is 1. The van der Waals surface area contributed by atoms with Gasteiger partial charge in [0.25, 0.3) is 0 Å². The Labute approximate surface area is 151 Å². The molecule has 5 heteroatoms. The van der Waals surface area contributed by atoms with Crippen LogP contribution >= 0.6 is 11.3 Å². The fraction of sp³-hybridized carbons (Fsp3) is 0.300. The first kappa shape index (κ1) is 17.4. The molecule has 0 aliphatic rings. The van der Waals surface area contributed by atoms with Crippen molar-refractivity contribution in [3.8, 4) is 5.75 Å². The second-order valence-corrected chi connectivity index (χ2v) is 8.16. The zero-order valence-corrected chi connectivity index (χ0v) is 15.7. The number of benzene rings is 2. The van der Waals surface area contributed by atoms with Crippen molar-refractivity contribution in [3.63, 3.8) is 0 Å². The zero-order chi connectivity index (χ0) is 18.0. The Bertz CT molecular complexity index is 876.